The molecule has 152 valence electrons. The molecule has 8 heteroatoms. The van der Waals surface area contributed by atoms with Gasteiger partial charge in [0.25, 0.3) is 5.91 Å². The Hall–Kier alpha value is -2.61. The molecule has 4 rings (SSSR count). The summed E-state index contributed by atoms with van der Waals surface area (Å²) in [5, 5.41) is 3.38. The predicted molar refractivity (Wildman–Crippen MR) is 113 cm³/mol. The normalized spacial score (nSPS) is 23.8. The van der Waals surface area contributed by atoms with Crippen LogP contribution in [0.4, 0.5) is 5.69 Å². The molecule has 2 aromatic rings. The van der Waals surface area contributed by atoms with E-state index in [1.54, 1.807) is 19.0 Å². The molecular weight excluding hydrogens is 390 g/mol. The van der Waals surface area contributed by atoms with Crippen LogP contribution < -0.4 is 21.1 Å². The zero-order valence-electron chi connectivity index (χ0n) is 16.4. The number of amides is 2. The number of benzene rings is 2. The molecule has 0 bridgehead atoms. The molecule has 2 aromatic carbocycles. The van der Waals surface area contributed by atoms with Crippen molar-refractivity contribution in [2.75, 3.05) is 32.1 Å². The lowest BCUT2D eigenvalue weighted by Crippen LogP contribution is -2.60. The number of rotatable bonds is 4. The molecule has 29 heavy (non-hydrogen) atoms. The second-order valence-electron chi connectivity index (χ2n) is 7.37. The topological polar surface area (TPSA) is 76.7 Å². The van der Waals surface area contributed by atoms with Crippen LogP contribution in [0.5, 0.6) is 0 Å². The summed E-state index contributed by atoms with van der Waals surface area (Å²) >= 11 is 6.06. The molecule has 3 unspecified atom stereocenters. The summed E-state index contributed by atoms with van der Waals surface area (Å²) in [7, 11) is 3.42. The third kappa shape index (κ3) is 3.57. The Balaban J connectivity index is 1.75. The SMILES string of the molecule is CNC(=O)CN1c2ccccc2C(=O)N(C)C1C1CNNC1c1ccc(Cl)cc1. The van der Waals surface area contributed by atoms with E-state index in [1.165, 1.54) is 0 Å². The summed E-state index contributed by atoms with van der Waals surface area (Å²) in [6.45, 7) is 0.821. The summed E-state index contributed by atoms with van der Waals surface area (Å²) < 4.78 is 0. The summed E-state index contributed by atoms with van der Waals surface area (Å²) in [6, 6.07) is 15.1. The Bertz CT molecular complexity index is 920. The van der Waals surface area contributed by atoms with Crippen LogP contribution in [0.3, 0.4) is 0 Å². The van der Waals surface area contributed by atoms with Gasteiger partial charge in [-0.2, -0.15) is 0 Å². The summed E-state index contributed by atoms with van der Waals surface area (Å²) in [5.74, 6) is -0.127. The average molecular weight is 414 g/mol. The number of carbonyl (C=O) groups excluding carboxylic acids is 2. The van der Waals surface area contributed by atoms with E-state index in [4.69, 9.17) is 11.6 Å². The van der Waals surface area contributed by atoms with Gasteiger partial charge in [0, 0.05) is 31.6 Å². The number of anilines is 1. The van der Waals surface area contributed by atoms with Crippen LogP contribution >= 0.6 is 11.6 Å². The molecule has 3 atom stereocenters. The first-order chi connectivity index (χ1) is 14.0. The summed E-state index contributed by atoms with van der Waals surface area (Å²) in [5.41, 5.74) is 9.03. The number of nitrogens with one attached hydrogen (secondary N) is 3. The van der Waals surface area contributed by atoms with Crippen molar-refractivity contribution in [3.05, 3.63) is 64.7 Å². The van der Waals surface area contributed by atoms with Gasteiger partial charge in [0.15, 0.2) is 0 Å². The van der Waals surface area contributed by atoms with Gasteiger partial charge in [0.1, 0.15) is 6.17 Å². The Morgan fingerprint density at radius 2 is 1.93 bits per heavy atom. The summed E-state index contributed by atoms with van der Waals surface area (Å²) in [6.07, 6.45) is -0.294. The fourth-order valence-corrected chi connectivity index (χ4v) is 4.41. The van der Waals surface area contributed by atoms with Gasteiger partial charge in [0.05, 0.1) is 23.8 Å². The molecule has 1 saturated heterocycles. The van der Waals surface area contributed by atoms with E-state index < -0.39 is 0 Å². The molecule has 0 saturated carbocycles. The van der Waals surface area contributed by atoms with E-state index in [1.807, 2.05) is 53.4 Å². The zero-order valence-corrected chi connectivity index (χ0v) is 17.1. The number of fused-ring (bicyclic) bond motifs is 1. The van der Waals surface area contributed by atoms with Crippen LogP contribution in [-0.4, -0.2) is 50.1 Å². The molecule has 0 spiro atoms. The summed E-state index contributed by atoms with van der Waals surface area (Å²) in [4.78, 5) is 29.2. The highest BCUT2D eigenvalue weighted by molar-refractivity contribution is 6.30. The van der Waals surface area contributed by atoms with Crippen LogP contribution in [-0.2, 0) is 4.79 Å². The van der Waals surface area contributed by atoms with Crippen molar-refractivity contribution in [2.24, 2.45) is 5.92 Å². The molecule has 0 aliphatic carbocycles. The fraction of sp³-hybridized carbons (Fsp3) is 0.333. The second kappa shape index (κ2) is 8.02. The van der Waals surface area contributed by atoms with Crippen molar-refractivity contribution in [1.29, 1.82) is 0 Å². The lowest BCUT2D eigenvalue weighted by Gasteiger charge is -2.47. The molecule has 1 fully saturated rings. The fourth-order valence-electron chi connectivity index (χ4n) is 4.29. The number of hydrogen-bond acceptors (Lipinski definition) is 5. The second-order valence-corrected chi connectivity index (χ2v) is 7.80. The number of hydrazine groups is 1. The number of para-hydroxylation sites is 1. The number of nitrogens with zero attached hydrogens (tertiary/aromatic N) is 2. The van der Waals surface area contributed by atoms with Crippen LogP contribution in [0.15, 0.2) is 48.5 Å². The third-order valence-electron chi connectivity index (χ3n) is 5.71. The maximum Gasteiger partial charge on any atom is 0.257 e. The van der Waals surface area contributed by atoms with Crippen molar-refractivity contribution < 1.29 is 9.59 Å². The molecule has 2 heterocycles. The third-order valence-corrected chi connectivity index (χ3v) is 5.96. The molecule has 2 aliphatic rings. The predicted octanol–water partition coefficient (Wildman–Crippen LogP) is 1.77. The van der Waals surface area contributed by atoms with Crippen LogP contribution in [0, 0.1) is 5.92 Å². The number of likely N-dealkylation sites (N-methyl/N-ethyl adjacent to an activating group) is 1. The van der Waals surface area contributed by atoms with Gasteiger partial charge in [-0.1, -0.05) is 35.9 Å². The smallest absolute Gasteiger partial charge is 0.257 e. The maximum absolute atomic E-state index is 13.1. The van der Waals surface area contributed by atoms with Crippen molar-refractivity contribution in [1.82, 2.24) is 21.1 Å². The van der Waals surface area contributed by atoms with E-state index in [0.29, 0.717) is 17.1 Å². The first-order valence-electron chi connectivity index (χ1n) is 9.58. The zero-order chi connectivity index (χ0) is 20.5. The first-order valence-corrected chi connectivity index (χ1v) is 9.96. The average Bonchev–Trinajstić information content (AvgIpc) is 3.21. The minimum atomic E-state index is -0.294. The standard InChI is InChI=1S/C21H24ClN5O2/c1-23-18(28)12-27-17-6-4-3-5-15(17)21(29)26(2)20(27)16-11-24-25-19(16)13-7-9-14(22)10-8-13/h3-10,16,19-20,24-25H,11-12H2,1-2H3,(H,23,28). The highest BCUT2D eigenvalue weighted by Crippen LogP contribution is 2.38. The van der Waals surface area contributed by atoms with Crippen LogP contribution in [0.25, 0.3) is 0 Å². The maximum atomic E-state index is 13.1. The van der Waals surface area contributed by atoms with Gasteiger partial charge in [-0.25, -0.2) is 5.43 Å². The van der Waals surface area contributed by atoms with E-state index in [2.05, 4.69) is 16.2 Å². The minimum Gasteiger partial charge on any atom is -0.358 e. The highest BCUT2D eigenvalue weighted by Gasteiger charge is 2.45. The van der Waals surface area contributed by atoms with Crippen LogP contribution in [0.2, 0.25) is 5.02 Å². The van der Waals surface area contributed by atoms with E-state index in [9.17, 15) is 9.59 Å². The minimum absolute atomic E-state index is 0.0168. The molecular formula is C21H24ClN5O2. The van der Waals surface area contributed by atoms with E-state index >= 15 is 0 Å². The van der Waals surface area contributed by atoms with Gasteiger partial charge in [-0.05, 0) is 29.8 Å². The molecule has 2 amide bonds. The highest BCUT2D eigenvalue weighted by atomic mass is 35.5. The van der Waals surface area contributed by atoms with Crippen molar-refractivity contribution >= 4 is 29.1 Å². The quantitative estimate of drug-likeness (QED) is 0.712. The van der Waals surface area contributed by atoms with Crippen molar-refractivity contribution in [2.45, 2.75) is 12.2 Å². The Kier molecular flexibility index (Phi) is 5.45. The number of hydrogen-bond donors (Lipinski definition) is 3. The van der Waals surface area contributed by atoms with Gasteiger partial charge >= 0.3 is 0 Å². The van der Waals surface area contributed by atoms with Gasteiger partial charge in [-0.3, -0.25) is 15.0 Å². The molecule has 3 N–H and O–H groups in total. The van der Waals surface area contributed by atoms with Crippen LogP contribution in [0.1, 0.15) is 22.0 Å². The first kappa shape index (κ1) is 19.7. The Morgan fingerprint density at radius 3 is 2.66 bits per heavy atom. The Morgan fingerprint density at radius 1 is 1.21 bits per heavy atom. The number of carbonyl (C=O) groups is 2. The number of halogens is 1. The van der Waals surface area contributed by atoms with Crippen molar-refractivity contribution in [3.63, 3.8) is 0 Å². The van der Waals surface area contributed by atoms with Gasteiger partial charge < -0.3 is 15.1 Å². The Labute approximate surface area is 175 Å². The lowest BCUT2D eigenvalue weighted by atomic mass is 9.88. The monoisotopic (exact) mass is 413 g/mol. The van der Waals surface area contributed by atoms with Gasteiger partial charge in [-0.15, -0.1) is 0 Å². The van der Waals surface area contributed by atoms with E-state index in [-0.39, 0.29) is 36.5 Å². The van der Waals surface area contributed by atoms with Crippen molar-refractivity contribution in [3.8, 4) is 0 Å². The van der Waals surface area contributed by atoms with E-state index in [0.717, 1.165) is 11.3 Å². The largest absolute Gasteiger partial charge is 0.358 e. The molecule has 2 aliphatic heterocycles. The molecule has 7 nitrogen and oxygen atoms in total. The molecule has 0 radical (unpaired) electrons. The molecule has 0 aromatic heterocycles. The van der Waals surface area contributed by atoms with Gasteiger partial charge in [0.2, 0.25) is 5.91 Å². The lowest BCUT2D eigenvalue weighted by molar-refractivity contribution is -0.119.